The fourth-order valence-corrected chi connectivity index (χ4v) is 4.12. The summed E-state index contributed by atoms with van der Waals surface area (Å²) in [5.74, 6) is -4.16. The zero-order valence-electron chi connectivity index (χ0n) is 18.8. The van der Waals surface area contributed by atoms with Crippen molar-refractivity contribution in [3.05, 3.63) is 84.8 Å². The molecule has 6 nitrogen and oxygen atoms in total. The van der Waals surface area contributed by atoms with Crippen molar-refractivity contribution < 1.29 is 13.2 Å². The second kappa shape index (κ2) is 9.62. The molecule has 33 heavy (non-hydrogen) atoms. The Bertz CT molecular complexity index is 1430. The second-order valence-corrected chi connectivity index (χ2v) is 8.40. The van der Waals surface area contributed by atoms with Gasteiger partial charge in [0.1, 0.15) is 5.82 Å². The van der Waals surface area contributed by atoms with E-state index >= 15 is 0 Å². The Hall–Kier alpha value is -3.40. The summed E-state index contributed by atoms with van der Waals surface area (Å²) >= 11 is 1.50. The van der Waals surface area contributed by atoms with Gasteiger partial charge in [-0.25, -0.2) is 22.9 Å². The van der Waals surface area contributed by atoms with Gasteiger partial charge in [0, 0.05) is 18.8 Å². The lowest BCUT2D eigenvalue weighted by molar-refractivity contribution is 0.444. The van der Waals surface area contributed by atoms with Crippen LogP contribution in [0, 0.1) is 31.3 Å². The Morgan fingerprint density at radius 2 is 1.64 bits per heavy atom. The number of aromatic nitrogens is 3. The lowest BCUT2D eigenvalue weighted by atomic mass is 10.2. The molecule has 0 saturated carbocycles. The van der Waals surface area contributed by atoms with Crippen LogP contribution < -0.4 is 16.6 Å². The van der Waals surface area contributed by atoms with Crippen LogP contribution in [0.2, 0.25) is 0 Å². The average Bonchev–Trinajstić information content (AvgIpc) is 3.13. The SMILES string of the molecule is CC.Cc1nc2cc(C)c(Nc3cc(=O)n(C)c(=O)n3Cc3cc(F)c(F)c(F)c3)cc2s1. The monoisotopic (exact) mass is 476 g/mol. The van der Waals surface area contributed by atoms with Crippen LogP contribution in [-0.2, 0) is 13.6 Å². The third-order valence-corrected chi connectivity index (χ3v) is 5.82. The van der Waals surface area contributed by atoms with E-state index in [2.05, 4.69) is 10.3 Å². The summed E-state index contributed by atoms with van der Waals surface area (Å²) < 4.78 is 43.6. The zero-order chi connectivity index (χ0) is 24.4. The third-order valence-electron chi connectivity index (χ3n) is 4.89. The van der Waals surface area contributed by atoms with Crippen molar-refractivity contribution in [3.8, 4) is 0 Å². The van der Waals surface area contributed by atoms with Gasteiger partial charge in [-0.1, -0.05) is 13.8 Å². The van der Waals surface area contributed by atoms with Crippen molar-refractivity contribution in [2.45, 2.75) is 34.2 Å². The Morgan fingerprint density at radius 1 is 1.00 bits per heavy atom. The predicted molar refractivity (Wildman–Crippen MR) is 125 cm³/mol. The number of nitrogens with one attached hydrogen (secondary N) is 1. The fraction of sp³-hybridized carbons (Fsp3) is 0.261. The van der Waals surface area contributed by atoms with E-state index in [0.717, 1.165) is 42.1 Å². The topological polar surface area (TPSA) is 68.9 Å². The van der Waals surface area contributed by atoms with Gasteiger partial charge in [-0.2, -0.15) is 0 Å². The second-order valence-electron chi connectivity index (χ2n) is 7.16. The van der Waals surface area contributed by atoms with E-state index in [4.69, 9.17) is 0 Å². The number of rotatable bonds is 4. The molecule has 2 aromatic heterocycles. The summed E-state index contributed by atoms with van der Waals surface area (Å²) in [4.78, 5) is 29.4. The summed E-state index contributed by atoms with van der Waals surface area (Å²) in [5, 5.41) is 3.98. The third kappa shape index (κ3) is 4.85. The van der Waals surface area contributed by atoms with Gasteiger partial charge in [0.15, 0.2) is 17.5 Å². The molecule has 2 heterocycles. The molecule has 0 unspecified atom stereocenters. The molecule has 2 aromatic carbocycles. The molecule has 0 aliphatic rings. The number of hydrogen-bond donors (Lipinski definition) is 1. The first-order valence-electron chi connectivity index (χ1n) is 10.2. The Balaban J connectivity index is 0.00000149. The van der Waals surface area contributed by atoms with Crippen molar-refractivity contribution in [2.24, 2.45) is 7.05 Å². The standard InChI is InChI=1S/C21H17F3N4O2S.C2H6/c1-10-4-16-17(31-11(2)25-16)7-15(10)26-18-8-19(29)27(3)21(30)28(18)9-12-5-13(22)20(24)14(23)6-12;1-2/h4-8,26H,9H2,1-3H3;1-2H3. The van der Waals surface area contributed by atoms with E-state index < -0.39 is 28.7 Å². The molecular formula is C23H23F3N4O2S. The largest absolute Gasteiger partial charge is 0.341 e. The highest BCUT2D eigenvalue weighted by molar-refractivity contribution is 7.18. The minimum Gasteiger partial charge on any atom is -0.341 e. The first-order valence-corrected chi connectivity index (χ1v) is 11.0. The maximum Gasteiger partial charge on any atom is 0.332 e. The van der Waals surface area contributed by atoms with Gasteiger partial charge in [0.25, 0.3) is 5.56 Å². The average molecular weight is 477 g/mol. The molecule has 0 spiro atoms. The molecule has 0 saturated heterocycles. The van der Waals surface area contributed by atoms with E-state index in [1.807, 2.05) is 39.8 Å². The number of hydrogen-bond acceptors (Lipinski definition) is 5. The van der Waals surface area contributed by atoms with E-state index in [1.54, 1.807) is 0 Å². The predicted octanol–water partition coefficient (Wildman–Crippen LogP) is 5.01. The van der Waals surface area contributed by atoms with E-state index in [-0.39, 0.29) is 17.9 Å². The van der Waals surface area contributed by atoms with Crippen LogP contribution in [-0.4, -0.2) is 14.1 Å². The minimum absolute atomic E-state index is 0.0328. The van der Waals surface area contributed by atoms with Crippen LogP contribution in [0.3, 0.4) is 0 Å². The fourth-order valence-electron chi connectivity index (χ4n) is 3.27. The number of benzene rings is 2. The summed E-state index contributed by atoms with van der Waals surface area (Å²) in [5.41, 5.74) is 1.11. The van der Waals surface area contributed by atoms with Crippen LogP contribution >= 0.6 is 11.3 Å². The van der Waals surface area contributed by atoms with Crippen molar-refractivity contribution in [1.82, 2.24) is 14.1 Å². The van der Waals surface area contributed by atoms with Crippen LogP contribution in [0.4, 0.5) is 24.7 Å². The van der Waals surface area contributed by atoms with Crippen molar-refractivity contribution in [2.75, 3.05) is 5.32 Å². The van der Waals surface area contributed by atoms with Crippen molar-refractivity contribution in [3.63, 3.8) is 0 Å². The van der Waals surface area contributed by atoms with Gasteiger partial charge in [0.2, 0.25) is 0 Å². The van der Waals surface area contributed by atoms with Gasteiger partial charge < -0.3 is 5.32 Å². The molecule has 4 rings (SSSR count). The van der Waals surface area contributed by atoms with Gasteiger partial charge in [-0.3, -0.25) is 13.9 Å². The van der Waals surface area contributed by atoms with Crippen LogP contribution in [0.25, 0.3) is 10.2 Å². The van der Waals surface area contributed by atoms with E-state index in [9.17, 15) is 22.8 Å². The number of fused-ring (bicyclic) bond motifs is 1. The van der Waals surface area contributed by atoms with E-state index in [0.29, 0.717) is 5.69 Å². The molecule has 0 fully saturated rings. The summed E-state index contributed by atoms with van der Waals surface area (Å²) in [6.07, 6.45) is 0. The number of halogens is 3. The number of thiazole rings is 1. The molecule has 0 aliphatic heterocycles. The molecule has 0 radical (unpaired) electrons. The molecule has 1 N–H and O–H groups in total. The summed E-state index contributed by atoms with van der Waals surface area (Å²) in [7, 11) is 1.30. The smallest absolute Gasteiger partial charge is 0.332 e. The highest BCUT2D eigenvalue weighted by Gasteiger charge is 2.15. The molecule has 0 aliphatic carbocycles. The molecule has 0 bridgehead atoms. The number of nitrogens with zero attached hydrogens (tertiary/aromatic N) is 3. The number of aryl methyl sites for hydroxylation is 2. The lowest BCUT2D eigenvalue weighted by Gasteiger charge is -2.17. The quantitative estimate of drug-likeness (QED) is 0.421. The van der Waals surface area contributed by atoms with Gasteiger partial charge in [-0.05, 0) is 49.2 Å². The van der Waals surface area contributed by atoms with Gasteiger partial charge in [-0.15, -0.1) is 11.3 Å². The zero-order valence-corrected chi connectivity index (χ0v) is 19.6. The lowest BCUT2D eigenvalue weighted by Crippen LogP contribution is -2.38. The van der Waals surface area contributed by atoms with Crippen LogP contribution in [0.5, 0.6) is 0 Å². The minimum atomic E-state index is -1.58. The normalized spacial score (nSPS) is 10.8. The Labute approximate surface area is 192 Å². The highest BCUT2D eigenvalue weighted by Crippen LogP contribution is 2.29. The Kier molecular flexibility index (Phi) is 7.06. The molecule has 0 amide bonds. The first kappa shape index (κ1) is 24.2. The van der Waals surface area contributed by atoms with Crippen LogP contribution in [0.1, 0.15) is 30.0 Å². The molecule has 4 aromatic rings. The highest BCUT2D eigenvalue weighted by atomic mass is 32.1. The van der Waals surface area contributed by atoms with Crippen molar-refractivity contribution >= 4 is 33.1 Å². The molecule has 10 heteroatoms. The molecule has 0 atom stereocenters. The maximum absolute atomic E-state index is 13.7. The Morgan fingerprint density at radius 3 is 2.27 bits per heavy atom. The first-order chi connectivity index (χ1) is 15.6. The number of anilines is 2. The summed E-state index contributed by atoms with van der Waals surface area (Å²) in [6.45, 7) is 7.47. The maximum atomic E-state index is 13.7. The van der Waals surface area contributed by atoms with Crippen molar-refractivity contribution in [1.29, 1.82) is 0 Å². The van der Waals surface area contributed by atoms with Crippen LogP contribution in [0.15, 0.2) is 39.9 Å². The summed E-state index contributed by atoms with van der Waals surface area (Å²) in [6, 6.07) is 6.60. The molecule has 174 valence electrons. The van der Waals surface area contributed by atoms with Gasteiger partial charge in [0.05, 0.1) is 21.8 Å². The van der Waals surface area contributed by atoms with Gasteiger partial charge >= 0.3 is 5.69 Å². The molecular weight excluding hydrogens is 453 g/mol. The van der Waals surface area contributed by atoms with E-state index in [1.165, 1.54) is 24.5 Å².